The second kappa shape index (κ2) is 8.07. The van der Waals surface area contributed by atoms with Crippen LogP contribution in [0.2, 0.25) is 0 Å². The first-order chi connectivity index (χ1) is 10.7. The lowest BCUT2D eigenvalue weighted by Gasteiger charge is -2.16. The van der Waals surface area contributed by atoms with Crippen LogP contribution in [0.25, 0.3) is 0 Å². The Morgan fingerprint density at radius 3 is 2.59 bits per heavy atom. The zero-order valence-electron chi connectivity index (χ0n) is 13.0. The highest BCUT2D eigenvalue weighted by Crippen LogP contribution is 2.06. The van der Waals surface area contributed by atoms with Crippen molar-refractivity contribution in [1.29, 1.82) is 0 Å². The maximum absolute atomic E-state index is 12.3. The summed E-state index contributed by atoms with van der Waals surface area (Å²) in [4.78, 5) is 17.9. The normalized spacial score (nSPS) is 10.3. The second-order valence-corrected chi connectivity index (χ2v) is 5.06. The van der Waals surface area contributed by atoms with Gasteiger partial charge in [-0.2, -0.15) is 0 Å². The van der Waals surface area contributed by atoms with Crippen molar-refractivity contribution in [3.63, 3.8) is 0 Å². The molecule has 1 N–H and O–H groups in total. The lowest BCUT2D eigenvalue weighted by atomic mass is 10.2. The molecular weight excluding hydrogens is 278 g/mol. The summed E-state index contributed by atoms with van der Waals surface area (Å²) in [5.74, 6) is 0.571. The molecule has 6 nitrogen and oxygen atoms in total. The summed E-state index contributed by atoms with van der Waals surface area (Å²) in [6.45, 7) is 3.55. The Bertz CT molecular complexity index is 585. The van der Waals surface area contributed by atoms with Gasteiger partial charge in [-0.15, -0.1) is 10.2 Å². The van der Waals surface area contributed by atoms with Crippen molar-refractivity contribution in [3.05, 3.63) is 47.9 Å². The van der Waals surface area contributed by atoms with Crippen molar-refractivity contribution in [3.8, 4) is 0 Å². The minimum Gasteiger partial charge on any atom is -0.369 e. The van der Waals surface area contributed by atoms with E-state index in [1.165, 1.54) is 0 Å². The number of rotatable bonds is 7. The summed E-state index contributed by atoms with van der Waals surface area (Å²) in [6, 6.07) is 7.39. The molecule has 0 spiro atoms. The molecule has 0 fully saturated rings. The van der Waals surface area contributed by atoms with E-state index in [1.807, 2.05) is 12.1 Å². The van der Waals surface area contributed by atoms with Crippen molar-refractivity contribution in [2.45, 2.75) is 19.8 Å². The van der Waals surface area contributed by atoms with Crippen molar-refractivity contribution in [1.82, 2.24) is 20.1 Å². The van der Waals surface area contributed by atoms with E-state index in [2.05, 4.69) is 27.4 Å². The monoisotopic (exact) mass is 299 g/mol. The summed E-state index contributed by atoms with van der Waals surface area (Å²) in [6.07, 6.45) is 5.31. The van der Waals surface area contributed by atoms with Crippen molar-refractivity contribution in [2.75, 3.05) is 25.5 Å². The third-order valence-electron chi connectivity index (χ3n) is 3.27. The van der Waals surface area contributed by atoms with Crippen LogP contribution in [0.1, 0.15) is 29.4 Å². The lowest BCUT2D eigenvalue weighted by molar-refractivity contribution is 0.0789. The molecule has 116 valence electrons. The van der Waals surface area contributed by atoms with E-state index in [4.69, 9.17) is 0 Å². The van der Waals surface area contributed by atoms with E-state index < -0.39 is 0 Å². The van der Waals surface area contributed by atoms with Gasteiger partial charge in [0.2, 0.25) is 0 Å². The molecule has 2 rings (SSSR count). The molecule has 2 heterocycles. The van der Waals surface area contributed by atoms with Crippen LogP contribution in [0.4, 0.5) is 5.82 Å². The first-order valence-corrected chi connectivity index (χ1v) is 7.42. The molecule has 0 aliphatic rings. The molecule has 22 heavy (non-hydrogen) atoms. The van der Waals surface area contributed by atoms with Gasteiger partial charge in [-0.05, 0) is 42.7 Å². The lowest BCUT2D eigenvalue weighted by Crippen LogP contribution is -2.29. The molecule has 0 radical (unpaired) electrons. The molecule has 0 saturated heterocycles. The van der Waals surface area contributed by atoms with E-state index in [0.29, 0.717) is 18.1 Å². The highest BCUT2D eigenvalue weighted by Gasteiger charge is 2.13. The van der Waals surface area contributed by atoms with Gasteiger partial charge < -0.3 is 10.2 Å². The van der Waals surface area contributed by atoms with Gasteiger partial charge in [-0.3, -0.25) is 9.78 Å². The average Bonchev–Trinajstić information content (AvgIpc) is 2.58. The zero-order valence-corrected chi connectivity index (χ0v) is 13.0. The minimum absolute atomic E-state index is 0.122. The number of amides is 1. The fraction of sp³-hybridized carbons (Fsp3) is 0.375. The summed E-state index contributed by atoms with van der Waals surface area (Å²) in [5, 5.41) is 11.1. The Morgan fingerprint density at radius 1 is 1.18 bits per heavy atom. The minimum atomic E-state index is -0.122. The smallest absolute Gasteiger partial charge is 0.274 e. The van der Waals surface area contributed by atoms with Crippen LogP contribution < -0.4 is 5.32 Å². The highest BCUT2D eigenvalue weighted by molar-refractivity contribution is 5.92. The third-order valence-corrected chi connectivity index (χ3v) is 3.27. The third kappa shape index (κ3) is 4.51. The first kappa shape index (κ1) is 15.9. The molecule has 6 heteroatoms. The molecule has 0 bridgehead atoms. The van der Waals surface area contributed by atoms with E-state index >= 15 is 0 Å². The number of anilines is 1. The Hall–Kier alpha value is -2.50. The Morgan fingerprint density at radius 2 is 1.95 bits per heavy atom. The van der Waals surface area contributed by atoms with Gasteiger partial charge in [-0.1, -0.05) is 6.92 Å². The summed E-state index contributed by atoms with van der Waals surface area (Å²) < 4.78 is 0. The number of likely N-dealkylation sites (N-methyl/N-ethyl adjacent to an activating group) is 1. The van der Waals surface area contributed by atoms with Crippen LogP contribution in [0.15, 0.2) is 36.7 Å². The maximum atomic E-state index is 12.3. The van der Waals surface area contributed by atoms with Crippen molar-refractivity contribution >= 4 is 11.7 Å². The molecular formula is C16H21N5O. The van der Waals surface area contributed by atoms with Gasteiger partial charge in [0.25, 0.3) is 5.91 Å². The summed E-state index contributed by atoms with van der Waals surface area (Å²) in [5.41, 5.74) is 1.51. The van der Waals surface area contributed by atoms with Gasteiger partial charge >= 0.3 is 0 Å². The van der Waals surface area contributed by atoms with E-state index in [1.54, 1.807) is 36.5 Å². The standard InChI is InChI=1S/C16H21N5O/c1-3-9-18-15-5-4-14(19-20-15)16(22)21(2)12-8-13-6-10-17-11-7-13/h4-7,10-11H,3,8-9,12H2,1-2H3,(H,18,20). The van der Waals surface area contributed by atoms with E-state index in [0.717, 1.165) is 24.9 Å². The molecule has 1 amide bonds. The number of hydrogen-bond acceptors (Lipinski definition) is 5. The fourth-order valence-corrected chi connectivity index (χ4v) is 1.94. The summed E-state index contributed by atoms with van der Waals surface area (Å²) >= 11 is 0. The van der Waals surface area contributed by atoms with E-state index in [-0.39, 0.29) is 5.91 Å². The fourth-order valence-electron chi connectivity index (χ4n) is 1.94. The number of pyridine rings is 1. The highest BCUT2D eigenvalue weighted by atomic mass is 16.2. The van der Waals surface area contributed by atoms with E-state index in [9.17, 15) is 4.79 Å². The van der Waals surface area contributed by atoms with Crippen LogP contribution in [0, 0.1) is 0 Å². The largest absolute Gasteiger partial charge is 0.369 e. The number of hydrogen-bond donors (Lipinski definition) is 1. The molecule has 0 atom stereocenters. The molecule has 2 aromatic rings. The van der Waals surface area contributed by atoms with Crippen LogP contribution in [-0.2, 0) is 6.42 Å². The van der Waals surface area contributed by atoms with Gasteiger partial charge in [0.15, 0.2) is 5.69 Å². The molecule has 0 unspecified atom stereocenters. The van der Waals surface area contributed by atoms with Crippen LogP contribution >= 0.6 is 0 Å². The quantitative estimate of drug-likeness (QED) is 0.847. The average molecular weight is 299 g/mol. The second-order valence-electron chi connectivity index (χ2n) is 5.06. The zero-order chi connectivity index (χ0) is 15.8. The van der Waals surface area contributed by atoms with Crippen molar-refractivity contribution < 1.29 is 4.79 Å². The number of nitrogens with one attached hydrogen (secondary N) is 1. The molecule has 0 aromatic carbocycles. The van der Waals surface area contributed by atoms with Gasteiger partial charge in [0, 0.05) is 32.5 Å². The van der Waals surface area contributed by atoms with Crippen molar-refractivity contribution in [2.24, 2.45) is 0 Å². The number of nitrogens with zero attached hydrogens (tertiary/aromatic N) is 4. The number of carbonyl (C=O) groups is 1. The Labute approximate surface area is 130 Å². The van der Waals surface area contributed by atoms with Gasteiger partial charge in [0.05, 0.1) is 0 Å². The predicted octanol–water partition coefficient (Wildman–Crippen LogP) is 2.01. The molecule has 2 aromatic heterocycles. The SMILES string of the molecule is CCCNc1ccc(C(=O)N(C)CCc2ccncc2)nn1. The first-order valence-electron chi connectivity index (χ1n) is 7.42. The van der Waals surface area contributed by atoms with Gasteiger partial charge in [-0.25, -0.2) is 0 Å². The van der Waals surface area contributed by atoms with Crippen LogP contribution in [0.3, 0.4) is 0 Å². The topological polar surface area (TPSA) is 71.0 Å². The molecule has 0 saturated carbocycles. The van der Waals surface area contributed by atoms with Gasteiger partial charge in [0.1, 0.15) is 5.82 Å². The predicted molar refractivity (Wildman–Crippen MR) is 85.7 cm³/mol. The molecule has 0 aliphatic heterocycles. The molecule has 0 aliphatic carbocycles. The number of carbonyl (C=O) groups excluding carboxylic acids is 1. The Balaban J connectivity index is 1.89. The Kier molecular flexibility index (Phi) is 5.82. The van der Waals surface area contributed by atoms with Crippen LogP contribution in [0.5, 0.6) is 0 Å². The maximum Gasteiger partial charge on any atom is 0.274 e. The number of aromatic nitrogens is 3. The summed E-state index contributed by atoms with van der Waals surface area (Å²) in [7, 11) is 1.77. The van der Waals surface area contributed by atoms with Crippen LogP contribution in [-0.4, -0.2) is 46.1 Å².